The van der Waals surface area contributed by atoms with Gasteiger partial charge in [-0.3, -0.25) is 0 Å². The van der Waals surface area contributed by atoms with E-state index in [4.69, 9.17) is 4.74 Å². The molecule has 7 heteroatoms. The quantitative estimate of drug-likeness (QED) is 0.850. The average molecular weight is 264 g/mol. The zero-order valence-electron chi connectivity index (χ0n) is 12.1. The van der Waals surface area contributed by atoms with Crippen LogP contribution in [-0.4, -0.2) is 31.7 Å². The van der Waals surface area contributed by atoms with Crippen LogP contribution in [0.3, 0.4) is 0 Å². The largest absolute Gasteiger partial charge is 0.481 e. The number of ether oxygens (including phenoxy) is 1. The molecule has 0 aliphatic heterocycles. The van der Waals surface area contributed by atoms with Gasteiger partial charge in [-0.1, -0.05) is 0 Å². The molecule has 0 aromatic carbocycles. The number of hydrogen-bond acceptors (Lipinski definition) is 5. The van der Waals surface area contributed by atoms with Gasteiger partial charge in [0.05, 0.1) is 24.9 Å². The maximum absolute atomic E-state index is 5.35. The minimum atomic E-state index is 0.662. The third-order valence-corrected chi connectivity index (χ3v) is 3.25. The minimum absolute atomic E-state index is 0.662. The SMILES string of the molecule is COc1c(CNCc2nnc(C)n2C)c(C)nn1C. The fraction of sp³-hybridized carbons (Fsp3) is 0.583. The van der Waals surface area contributed by atoms with Gasteiger partial charge in [-0.05, 0) is 13.8 Å². The van der Waals surface area contributed by atoms with E-state index in [2.05, 4.69) is 20.6 Å². The Morgan fingerprint density at radius 3 is 2.47 bits per heavy atom. The van der Waals surface area contributed by atoms with Gasteiger partial charge in [0.25, 0.3) is 0 Å². The Bertz CT molecular complexity index is 571. The molecule has 7 nitrogen and oxygen atoms in total. The fourth-order valence-corrected chi connectivity index (χ4v) is 2.04. The van der Waals surface area contributed by atoms with Gasteiger partial charge in [-0.15, -0.1) is 10.2 Å². The van der Waals surface area contributed by atoms with Crippen LogP contribution in [-0.2, 0) is 27.2 Å². The molecule has 0 saturated heterocycles. The summed E-state index contributed by atoms with van der Waals surface area (Å²) in [5.41, 5.74) is 2.05. The summed E-state index contributed by atoms with van der Waals surface area (Å²) in [6.07, 6.45) is 0. The van der Waals surface area contributed by atoms with Crippen molar-refractivity contribution in [2.75, 3.05) is 7.11 Å². The molecule has 0 radical (unpaired) electrons. The van der Waals surface area contributed by atoms with Crippen LogP contribution in [0.4, 0.5) is 0 Å². The van der Waals surface area contributed by atoms with Crippen LogP contribution in [0.15, 0.2) is 0 Å². The summed E-state index contributed by atoms with van der Waals surface area (Å²) < 4.78 is 9.08. The molecule has 0 amide bonds. The highest BCUT2D eigenvalue weighted by Crippen LogP contribution is 2.20. The topological polar surface area (TPSA) is 69.8 Å². The van der Waals surface area contributed by atoms with Gasteiger partial charge in [0, 0.05) is 20.6 Å². The van der Waals surface area contributed by atoms with Crippen molar-refractivity contribution < 1.29 is 4.74 Å². The van der Waals surface area contributed by atoms with Crippen molar-refractivity contribution in [3.05, 3.63) is 22.9 Å². The maximum Gasteiger partial charge on any atom is 0.216 e. The summed E-state index contributed by atoms with van der Waals surface area (Å²) >= 11 is 0. The number of nitrogens with one attached hydrogen (secondary N) is 1. The second-order valence-corrected chi connectivity index (χ2v) is 4.52. The average Bonchev–Trinajstić information content (AvgIpc) is 2.83. The Labute approximate surface area is 112 Å². The van der Waals surface area contributed by atoms with Gasteiger partial charge >= 0.3 is 0 Å². The van der Waals surface area contributed by atoms with Gasteiger partial charge in [-0.2, -0.15) is 5.10 Å². The molecule has 0 bridgehead atoms. The van der Waals surface area contributed by atoms with Gasteiger partial charge < -0.3 is 14.6 Å². The molecule has 0 aliphatic rings. The maximum atomic E-state index is 5.35. The third kappa shape index (κ3) is 2.60. The summed E-state index contributed by atoms with van der Waals surface area (Å²) in [6.45, 7) is 5.26. The van der Waals surface area contributed by atoms with Gasteiger partial charge in [0.15, 0.2) is 0 Å². The number of methoxy groups -OCH3 is 1. The molecule has 0 fully saturated rings. The monoisotopic (exact) mass is 264 g/mol. The molecule has 2 aromatic heterocycles. The van der Waals surface area contributed by atoms with Gasteiger partial charge in [-0.25, -0.2) is 4.68 Å². The zero-order chi connectivity index (χ0) is 14.0. The lowest BCUT2D eigenvalue weighted by atomic mass is 10.2. The van der Waals surface area contributed by atoms with E-state index in [0.717, 1.165) is 28.8 Å². The van der Waals surface area contributed by atoms with Crippen LogP contribution < -0.4 is 10.1 Å². The van der Waals surface area contributed by atoms with E-state index in [1.54, 1.807) is 11.8 Å². The van der Waals surface area contributed by atoms with E-state index in [9.17, 15) is 0 Å². The molecule has 2 aromatic rings. The molecule has 0 unspecified atom stereocenters. The van der Waals surface area contributed by atoms with Crippen LogP contribution in [0.5, 0.6) is 5.88 Å². The molecule has 1 N–H and O–H groups in total. The summed E-state index contributed by atoms with van der Waals surface area (Å²) in [5, 5.41) is 15.8. The number of hydrogen-bond donors (Lipinski definition) is 1. The molecular weight excluding hydrogens is 244 g/mol. The van der Waals surface area contributed by atoms with Crippen molar-refractivity contribution in [1.82, 2.24) is 29.9 Å². The van der Waals surface area contributed by atoms with E-state index in [1.165, 1.54) is 0 Å². The first kappa shape index (κ1) is 13.5. The number of rotatable bonds is 5. The molecule has 0 aliphatic carbocycles. The Kier molecular flexibility index (Phi) is 3.84. The molecular formula is C12H20N6O. The number of aromatic nitrogens is 5. The van der Waals surface area contributed by atoms with Crippen molar-refractivity contribution in [2.24, 2.45) is 14.1 Å². The lowest BCUT2D eigenvalue weighted by Crippen LogP contribution is -2.16. The highest BCUT2D eigenvalue weighted by atomic mass is 16.5. The van der Waals surface area contributed by atoms with E-state index in [0.29, 0.717) is 13.1 Å². The summed E-state index contributed by atoms with van der Waals surface area (Å²) in [5.74, 6) is 2.61. The first-order chi connectivity index (χ1) is 9.04. The summed E-state index contributed by atoms with van der Waals surface area (Å²) in [4.78, 5) is 0. The lowest BCUT2D eigenvalue weighted by Gasteiger charge is -2.07. The van der Waals surface area contributed by atoms with E-state index in [-0.39, 0.29) is 0 Å². The molecule has 19 heavy (non-hydrogen) atoms. The number of nitrogens with zero attached hydrogens (tertiary/aromatic N) is 5. The predicted octanol–water partition coefficient (Wildman–Crippen LogP) is 0.464. The Morgan fingerprint density at radius 2 is 1.89 bits per heavy atom. The van der Waals surface area contributed by atoms with Crippen LogP contribution in [0.1, 0.15) is 22.9 Å². The minimum Gasteiger partial charge on any atom is -0.481 e. The van der Waals surface area contributed by atoms with Crippen LogP contribution >= 0.6 is 0 Å². The molecule has 2 heterocycles. The van der Waals surface area contributed by atoms with Crippen LogP contribution in [0.2, 0.25) is 0 Å². The molecule has 2 rings (SSSR count). The highest BCUT2D eigenvalue weighted by Gasteiger charge is 2.13. The standard InChI is InChI=1S/C12H20N6O/c1-8-10(12(19-5)18(4)16-8)6-13-7-11-15-14-9(2)17(11)3/h13H,6-7H2,1-5H3. The summed E-state index contributed by atoms with van der Waals surface area (Å²) in [6, 6.07) is 0. The second kappa shape index (κ2) is 5.40. The third-order valence-electron chi connectivity index (χ3n) is 3.25. The number of aryl methyl sites for hydroxylation is 3. The summed E-state index contributed by atoms with van der Waals surface area (Å²) in [7, 11) is 5.50. The second-order valence-electron chi connectivity index (χ2n) is 4.52. The zero-order valence-corrected chi connectivity index (χ0v) is 12.1. The molecule has 0 saturated carbocycles. The first-order valence-corrected chi connectivity index (χ1v) is 6.16. The fourth-order valence-electron chi connectivity index (χ4n) is 2.04. The smallest absolute Gasteiger partial charge is 0.216 e. The van der Waals surface area contributed by atoms with Crippen molar-refractivity contribution in [3.8, 4) is 5.88 Å². The van der Waals surface area contributed by atoms with E-state index < -0.39 is 0 Å². The highest BCUT2D eigenvalue weighted by molar-refractivity contribution is 5.30. The van der Waals surface area contributed by atoms with Gasteiger partial charge in [0.1, 0.15) is 11.6 Å². The lowest BCUT2D eigenvalue weighted by molar-refractivity contribution is 0.367. The van der Waals surface area contributed by atoms with Crippen LogP contribution in [0, 0.1) is 13.8 Å². The van der Waals surface area contributed by atoms with Gasteiger partial charge in [0.2, 0.25) is 5.88 Å². The molecule has 0 atom stereocenters. The Morgan fingerprint density at radius 1 is 1.16 bits per heavy atom. The van der Waals surface area contributed by atoms with Crippen molar-refractivity contribution in [2.45, 2.75) is 26.9 Å². The van der Waals surface area contributed by atoms with Crippen molar-refractivity contribution in [3.63, 3.8) is 0 Å². The molecule has 104 valence electrons. The van der Waals surface area contributed by atoms with E-state index >= 15 is 0 Å². The van der Waals surface area contributed by atoms with E-state index in [1.807, 2.05) is 32.5 Å². The predicted molar refractivity (Wildman–Crippen MR) is 70.8 cm³/mol. The van der Waals surface area contributed by atoms with Crippen LogP contribution in [0.25, 0.3) is 0 Å². The van der Waals surface area contributed by atoms with Crippen molar-refractivity contribution >= 4 is 0 Å². The molecule has 0 spiro atoms. The normalized spacial score (nSPS) is 11.0. The Balaban J connectivity index is 2.02. The van der Waals surface area contributed by atoms with Crippen molar-refractivity contribution in [1.29, 1.82) is 0 Å². The Hall–Kier alpha value is -1.89. The first-order valence-electron chi connectivity index (χ1n) is 6.16.